The van der Waals surface area contributed by atoms with Crippen molar-refractivity contribution in [3.8, 4) is 0 Å². The first-order chi connectivity index (χ1) is 8.22. The molecule has 0 amide bonds. The van der Waals surface area contributed by atoms with E-state index in [9.17, 15) is 0 Å². The molecule has 1 aliphatic rings. The highest BCUT2D eigenvalue weighted by atomic mass is 16.5. The predicted octanol–water partition coefficient (Wildman–Crippen LogP) is 1.26. The molecule has 5 nitrogen and oxygen atoms in total. The lowest BCUT2D eigenvalue weighted by Gasteiger charge is -2.22. The maximum Gasteiger partial charge on any atom is 0.153 e. The molecule has 1 heterocycles. The van der Waals surface area contributed by atoms with Crippen LogP contribution in [0.25, 0.3) is 0 Å². The van der Waals surface area contributed by atoms with E-state index in [4.69, 9.17) is 15.7 Å². The fourth-order valence-electron chi connectivity index (χ4n) is 2.24. The highest BCUT2D eigenvalue weighted by Crippen LogP contribution is 2.20. The molecule has 0 saturated carbocycles. The summed E-state index contributed by atoms with van der Waals surface area (Å²) in [5.41, 5.74) is 5.44. The van der Waals surface area contributed by atoms with Crippen LogP contribution < -0.4 is 5.73 Å². The van der Waals surface area contributed by atoms with E-state index in [0.717, 1.165) is 25.7 Å². The number of hydrogen-bond donors (Lipinski definition) is 2. The zero-order valence-electron chi connectivity index (χ0n) is 10.8. The van der Waals surface area contributed by atoms with Gasteiger partial charge in [0.1, 0.15) is 0 Å². The second kappa shape index (κ2) is 8.31. The highest BCUT2D eigenvalue weighted by Gasteiger charge is 2.13. The van der Waals surface area contributed by atoms with E-state index < -0.39 is 0 Å². The number of unbranched alkanes of at least 4 members (excludes halogenated alkanes) is 1. The molecule has 100 valence electrons. The summed E-state index contributed by atoms with van der Waals surface area (Å²) in [5, 5.41) is 11.4. The maximum atomic E-state index is 8.45. The predicted molar refractivity (Wildman–Crippen MR) is 68.3 cm³/mol. The first-order valence-electron chi connectivity index (χ1n) is 6.45. The lowest BCUT2D eigenvalue weighted by molar-refractivity contribution is 0.0630. The Hall–Kier alpha value is -0.810. The number of hydrogen-bond acceptors (Lipinski definition) is 4. The first-order valence-corrected chi connectivity index (χ1v) is 6.45. The van der Waals surface area contributed by atoms with E-state index in [-0.39, 0.29) is 5.84 Å². The van der Waals surface area contributed by atoms with Gasteiger partial charge in [-0.1, -0.05) is 18.0 Å². The van der Waals surface area contributed by atoms with Crippen LogP contribution in [0.2, 0.25) is 0 Å². The van der Waals surface area contributed by atoms with Crippen molar-refractivity contribution in [3.63, 3.8) is 0 Å². The third-order valence-electron chi connectivity index (χ3n) is 3.30. The van der Waals surface area contributed by atoms with Crippen molar-refractivity contribution in [1.29, 1.82) is 0 Å². The summed E-state index contributed by atoms with van der Waals surface area (Å²) in [7, 11) is 1.99. The van der Waals surface area contributed by atoms with Gasteiger partial charge in [0, 0.05) is 13.2 Å². The van der Waals surface area contributed by atoms with E-state index in [1.165, 1.54) is 32.1 Å². The average molecular weight is 243 g/mol. The zero-order valence-corrected chi connectivity index (χ0v) is 10.8. The minimum absolute atomic E-state index is 0.275. The SMILES string of the molecule is CN(CCCCC1CCOCC1)CC(N)=NO. The number of rotatable bonds is 7. The third-order valence-corrected chi connectivity index (χ3v) is 3.30. The van der Waals surface area contributed by atoms with Crippen molar-refractivity contribution in [3.05, 3.63) is 0 Å². The Labute approximate surface area is 104 Å². The molecule has 0 spiro atoms. The van der Waals surface area contributed by atoms with Crippen molar-refractivity contribution >= 4 is 5.84 Å². The van der Waals surface area contributed by atoms with Gasteiger partial charge in [-0.05, 0) is 38.8 Å². The summed E-state index contributed by atoms with van der Waals surface area (Å²) in [6.07, 6.45) is 6.18. The standard InChI is InChI=1S/C12H25N3O2/c1-15(10-12(13)14-16)7-3-2-4-11-5-8-17-9-6-11/h11,16H,2-10H2,1H3,(H2,13,14). The Bertz CT molecular complexity index is 228. The molecule has 0 atom stereocenters. The van der Waals surface area contributed by atoms with Gasteiger partial charge in [-0.2, -0.15) is 0 Å². The average Bonchev–Trinajstić information content (AvgIpc) is 2.36. The molecule has 0 unspecified atom stereocenters. The number of ether oxygens (including phenoxy) is 1. The molecule has 17 heavy (non-hydrogen) atoms. The van der Waals surface area contributed by atoms with Gasteiger partial charge in [0.2, 0.25) is 0 Å². The van der Waals surface area contributed by atoms with Gasteiger partial charge in [0.25, 0.3) is 0 Å². The van der Waals surface area contributed by atoms with Crippen molar-refractivity contribution < 1.29 is 9.94 Å². The topological polar surface area (TPSA) is 71.1 Å². The summed E-state index contributed by atoms with van der Waals surface area (Å²) in [5.74, 6) is 1.13. The van der Waals surface area contributed by atoms with Gasteiger partial charge in [-0.3, -0.25) is 4.90 Å². The van der Waals surface area contributed by atoms with Crippen LogP contribution in [0.1, 0.15) is 32.1 Å². The fourth-order valence-corrected chi connectivity index (χ4v) is 2.24. The Morgan fingerprint density at radius 1 is 1.41 bits per heavy atom. The molecule has 0 aromatic rings. The zero-order chi connectivity index (χ0) is 12.5. The minimum atomic E-state index is 0.275. The summed E-state index contributed by atoms with van der Waals surface area (Å²) >= 11 is 0. The van der Waals surface area contributed by atoms with Crippen LogP contribution in [0, 0.1) is 5.92 Å². The van der Waals surface area contributed by atoms with Crippen LogP contribution >= 0.6 is 0 Å². The normalized spacial score (nSPS) is 18.8. The first kappa shape index (κ1) is 14.3. The van der Waals surface area contributed by atoms with Crippen molar-refractivity contribution in [2.75, 3.05) is 33.4 Å². The largest absolute Gasteiger partial charge is 0.409 e. The lowest BCUT2D eigenvalue weighted by atomic mass is 9.94. The van der Waals surface area contributed by atoms with E-state index in [1.807, 2.05) is 7.05 Å². The van der Waals surface area contributed by atoms with Crippen LogP contribution in [0.15, 0.2) is 5.16 Å². The monoisotopic (exact) mass is 243 g/mol. The van der Waals surface area contributed by atoms with Gasteiger partial charge < -0.3 is 15.7 Å². The number of amidine groups is 1. The summed E-state index contributed by atoms with van der Waals surface area (Å²) in [6, 6.07) is 0. The van der Waals surface area contributed by atoms with Crippen LogP contribution in [0.3, 0.4) is 0 Å². The van der Waals surface area contributed by atoms with E-state index in [0.29, 0.717) is 6.54 Å². The Kier molecular flexibility index (Phi) is 6.96. The highest BCUT2D eigenvalue weighted by molar-refractivity contribution is 5.81. The Morgan fingerprint density at radius 2 is 2.12 bits per heavy atom. The molecule has 0 bridgehead atoms. The second-order valence-corrected chi connectivity index (χ2v) is 4.88. The van der Waals surface area contributed by atoms with Crippen LogP contribution in [-0.2, 0) is 4.74 Å². The smallest absolute Gasteiger partial charge is 0.153 e. The molecule has 0 aliphatic carbocycles. The second-order valence-electron chi connectivity index (χ2n) is 4.88. The van der Waals surface area contributed by atoms with Crippen molar-refractivity contribution in [2.24, 2.45) is 16.8 Å². The summed E-state index contributed by atoms with van der Waals surface area (Å²) in [6.45, 7) is 3.41. The minimum Gasteiger partial charge on any atom is -0.409 e. The van der Waals surface area contributed by atoms with Gasteiger partial charge in [-0.25, -0.2) is 0 Å². The van der Waals surface area contributed by atoms with Crippen LogP contribution in [0.5, 0.6) is 0 Å². The van der Waals surface area contributed by atoms with Gasteiger partial charge in [0.05, 0.1) is 6.54 Å². The maximum absolute atomic E-state index is 8.45. The number of nitrogens with zero attached hydrogens (tertiary/aromatic N) is 2. The van der Waals surface area contributed by atoms with Crippen LogP contribution in [-0.4, -0.2) is 49.3 Å². The molecule has 0 aromatic heterocycles. The lowest BCUT2D eigenvalue weighted by Crippen LogP contribution is -2.31. The summed E-state index contributed by atoms with van der Waals surface area (Å²) in [4.78, 5) is 2.08. The van der Waals surface area contributed by atoms with E-state index in [1.54, 1.807) is 0 Å². The van der Waals surface area contributed by atoms with Crippen LogP contribution in [0.4, 0.5) is 0 Å². The summed E-state index contributed by atoms with van der Waals surface area (Å²) < 4.78 is 5.34. The molecular formula is C12H25N3O2. The van der Waals surface area contributed by atoms with E-state index >= 15 is 0 Å². The molecule has 1 aliphatic heterocycles. The third kappa shape index (κ3) is 6.48. The van der Waals surface area contributed by atoms with Gasteiger partial charge in [0.15, 0.2) is 5.84 Å². The van der Waals surface area contributed by atoms with Crippen molar-refractivity contribution in [2.45, 2.75) is 32.1 Å². The number of likely N-dealkylation sites (N-methyl/N-ethyl adjacent to an activating group) is 1. The number of oxime groups is 1. The molecule has 3 N–H and O–H groups in total. The molecule has 1 fully saturated rings. The van der Waals surface area contributed by atoms with Gasteiger partial charge >= 0.3 is 0 Å². The quantitative estimate of drug-likeness (QED) is 0.232. The molecule has 1 saturated heterocycles. The Morgan fingerprint density at radius 3 is 2.76 bits per heavy atom. The molecular weight excluding hydrogens is 218 g/mol. The molecule has 0 radical (unpaired) electrons. The molecule has 0 aromatic carbocycles. The number of nitrogens with two attached hydrogens (primary N) is 1. The van der Waals surface area contributed by atoms with Crippen molar-refractivity contribution in [1.82, 2.24) is 4.90 Å². The molecule has 5 heteroatoms. The van der Waals surface area contributed by atoms with E-state index in [2.05, 4.69) is 10.1 Å². The fraction of sp³-hybridized carbons (Fsp3) is 0.917. The van der Waals surface area contributed by atoms with Gasteiger partial charge in [-0.15, -0.1) is 0 Å². The Balaban J connectivity index is 1.99. The molecule has 1 rings (SSSR count).